The van der Waals surface area contributed by atoms with Crippen LogP contribution in [0.5, 0.6) is 0 Å². The summed E-state index contributed by atoms with van der Waals surface area (Å²) in [5.74, 6) is 0.144. The number of methoxy groups -OCH3 is 1. The minimum Gasteiger partial charge on any atom is -0.391 e. The van der Waals surface area contributed by atoms with E-state index in [0.29, 0.717) is 26.1 Å². The van der Waals surface area contributed by atoms with Gasteiger partial charge in [0.25, 0.3) is 0 Å². The van der Waals surface area contributed by atoms with E-state index in [4.69, 9.17) is 4.74 Å². The predicted octanol–water partition coefficient (Wildman–Crippen LogP) is -0.203. The summed E-state index contributed by atoms with van der Waals surface area (Å²) in [6, 6.07) is 0. The minimum atomic E-state index is -2.96. The molecular weight excluding hydrogens is 230 g/mol. The van der Waals surface area contributed by atoms with Crippen LogP contribution in [0.1, 0.15) is 20.3 Å². The summed E-state index contributed by atoms with van der Waals surface area (Å²) in [6.07, 6.45) is 0.0782. The van der Waals surface area contributed by atoms with E-state index in [1.165, 1.54) is 7.11 Å². The molecule has 0 saturated carbocycles. The van der Waals surface area contributed by atoms with Crippen molar-refractivity contribution in [1.82, 2.24) is 5.32 Å². The van der Waals surface area contributed by atoms with E-state index >= 15 is 0 Å². The minimum absolute atomic E-state index is 0.144. The second-order valence-electron chi connectivity index (χ2n) is 4.06. The number of nitrogens with one attached hydrogen (secondary N) is 1. The van der Waals surface area contributed by atoms with Crippen molar-refractivity contribution in [1.29, 1.82) is 0 Å². The molecule has 1 atom stereocenters. The van der Waals surface area contributed by atoms with E-state index in [9.17, 15) is 13.5 Å². The molecule has 0 bridgehead atoms. The van der Waals surface area contributed by atoms with Crippen LogP contribution in [0.4, 0.5) is 0 Å². The molecule has 6 heteroatoms. The van der Waals surface area contributed by atoms with Gasteiger partial charge in [-0.2, -0.15) is 0 Å². The molecule has 0 radical (unpaired) electrons. The summed E-state index contributed by atoms with van der Waals surface area (Å²) in [5, 5.41) is 12.0. The Bertz CT molecular complexity index is 264. The molecule has 0 aliphatic rings. The molecule has 0 aliphatic heterocycles. The van der Waals surface area contributed by atoms with E-state index < -0.39 is 15.9 Å². The van der Waals surface area contributed by atoms with Crippen LogP contribution in [-0.2, 0) is 14.6 Å². The zero-order chi connectivity index (χ0) is 12.6. The molecule has 0 spiro atoms. The quantitative estimate of drug-likeness (QED) is 0.556. The lowest BCUT2D eigenvalue weighted by Crippen LogP contribution is -2.29. The molecule has 0 aliphatic carbocycles. The van der Waals surface area contributed by atoms with Gasteiger partial charge in [-0.05, 0) is 26.8 Å². The first kappa shape index (κ1) is 15.8. The number of aliphatic hydroxyl groups excluding tert-OH is 1. The van der Waals surface area contributed by atoms with Gasteiger partial charge in [-0.15, -0.1) is 0 Å². The SMILES string of the molecule is COCC(O)CCNCCS(=O)(=O)C(C)C. The number of hydrogen-bond acceptors (Lipinski definition) is 5. The molecule has 0 amide bonds. The van der Waals surface area contributed by atoms with Crippen LogP contribution < -0.4 is 5.32 Å². The normalized spacial score (nSPS) is 14.3. The topological polar surface area (TPSA) is 75.6 Å². The summed E-state index contributed by atoms with van der Waals surface area (Å²) >= 11 is 0. The van der Waals surface area contributed by atoms with Crippen molar-refractivity contribution in [2.75, 3.05) is 32.6 Å². The molecule has 5 nitrogen and oxygen atoms in total. The Kier molecular flexibility index (Phi) is 7.91. The van der Waals surface area contributed by atoms with E-state index in [2.05, 4.69) is 5.32 Å². The van der Waals surface area contributed by atoms with Gasteiger partial charge in [0.1, 0.15) is 0 Å². The highest BCUT2D eigenvalue weighted by Gasteiger charge is 2.14. The largest absolute Gasteiger partial charge is 0.391 e. The van der Waals surface area contributed by atoms with Gasteiger partial charge in [0, 0.05) is 13.7 Å². The third kappa shape index (κ3) is 7.16. The summed E-state index contributed by atoms with van der Waals surface area (Å²) in [4.78, 5) is 0. The van der Waals surface area contributed by atoms with Crippen molar-refractivity contribution in [2.24, 2.45) is 0 Å². The van der Waals surface area contributed by atoms with Crippen LogP contribution in [0.15, 0.2) is 0 Å². The van der Waals surface area contributed by atoms with Crippen LogP contribution in [0, 0.1) is 0 Å². The van der Waals surface area contributed by atoms with Crippen LogP contribution in [0.25, 0.3) is 0 Å². The predicted molar refractivity (Wildman–Crippen MR) is 64.3 cm³/mol. The fourth-order valence-corrected chi connectivity index (χ4v) is 2.02. The maximum absolute atomic E-state index is 11.4. The summed E-state index contributed by atoms with van der Waals surface area (Å²) in [6.45, 7) is 4.69. The van der Waals surface area contributed by atoms with Crippen molar-refractivity contribution in [2.45, 2.75) is 31.6 Å². The molecule has 0 aromatic heterocycles. The summed E-state index contributed by atoms with van der Waals surface area (Å²) in [5.41, 5.74) is 0. The van der Waals surface area contributed by atoms with Crippen LogP contribution >= 0.6 is 0 Å². The second kappa shape index (κ2) is 8.00. The fraction of sp³-hybridized carbons (Fsp3) is 1.00. The summed E-state index contributed by atoms with van der Waals surface area (Å²) in [7, 11) is -1.43. The molecule has 0 fully saturated rings. The van der Waals surface area contributed by atoms with Crippen LogP contribution in [0.2, 0.25) is 0 Å². The zero-order valence-electron chi connectivity index (χ0n) is 10.3. The number of ether oxygens (including phenoxy) is 1. The van der Waals surface area contributed by atoms with Crippen LogP contribution in [0.3, 0.4) is 0 Å². The van der Waals surface area contributed by atoms with Crippen molar-refractivity contribution in [3.8, 4) is 0 Å². The highest BCUT2D eigenvalue weighted by Crippen LogP contribution is 1.99. The Hall–Kier alpha value is -0.170. The van der Waals surface area contributed by atoms with Crippen molar-refractivity contribution >= 4 is 9.84 Å². The first-order valence-electron chi connectivity index (χ1n) is 5.49. The molecule has 0 rings (SSSR count). The number of aliphatic hydroxyl groups is 1. The second-order valence-corrected chi connectivity index (χ2v) is 6.74. The molecule has 2 N–H and O–H groups in total. The number of hydrogen-bond donors (Lipinski definition) is 2. The van der Waals surface area contributed by atoms with Crippen LogP contribution in [-0.4, -0.2) is 57.4 Å². The third-order valence-electron chi connectivity index (χ3n) is 2.29. The van der Waals surface area contributed by atoms with E-state index in [-0.39, 0.29) is 11.0 Å². The zero-order valence-corrected chi connectivity index (χ0v) is 11.1. The van der Waals surface area contributed by atoms with E-state index in [1.54, 1.807) is 13.8 Å². The molecule has 0 heterocycles. The highest BCUT2D eigenvalue weighted by atomic mass is 32.2. The smallest absolute Gasteiger partial charge is 0.153 e. The Labute approximate surface area is 98.1 Å². The average Bonchev–Trinajstić information content (AvgIpc) is 2.17. The van der Waals surface area contributed by atoms with Gasteiger partial charge in [0.2, 0.25) is 0 Å². The number of rotatable bonds is 9. The Morgan fingerprint density at radius 2 is 1.94 bits per heavy atom. The molecule has 0 saturated heterocycles. The lowest BCUT2D eigenvalue weighted by Gasteiger charge is -2.11. The average molecular weight is 253 g/mol. The molecule has 98 valence electrons. The van der Waals surface area contributed by atoms with Gasteiger partial charge in [0.15, 0.2) is 9.84 Å². The summed E-state index contributed by atoms with van der Waals surface area (Å²) < 4.78 is 27.6. The van der Waals surface area contributed by atoms with E-state index in [0.717, 1.165) is 0 Å². The first-order valence-corrected chi connectivity index (χ1v) is 7.21. The van der Waals surface area contributed by atoms with Gasteiger partial charge in [-0.3, -0.25) is 0 Å². The third-order valence-corrected chi connectivity index (χ3v) is 4.50. The Morgan fingerprint density at radius 1 is 1.31 bits per heavy atom. The van der Waals surface area contributed by atoms with Gasteiger partial charge >= 0.3 is 0 Å². The van der Waals surface area contributed by atoms with Crippen molar-refractivity contribution in [3.05, 3.63) is 0 Å². The number of sulfone groups is 1. The maximum Gasteiger partial charge on any atom is 0.153 e. The lowest BCUT2D eigenvalue weighted by molar-refractivity contribution is 0.0595. The van der Waals surface area contributed by atoms with Crippen molar-refractivity contribution in [3.63, 3.8) is 0 Å². The maximum atomic E-state index is 11.4. The Balaban J connectivity index is 3.55. The monoisotopic (exact) mass is 253 g/mol. The van der Waals surface area contributed by atoms with Gasteiger partial charge in [0.05, 0.1) is 23.7 Å². The van der Waals surface area contributed by atoms with Gasteiger partial charge in [-0.1, -0.05) is 0 Å². The fourth-order valence-electron chi connectivity index (χ4n) is 1.12. The van der Waals surface area contributed by atoms with Gasteiger partial charge in [-0.25, -0.2) is 8.42 Å². The standard InChI is InChI=1S/C10H23NO4S/c1-9(2)16(13,14)7-6-11-5-4-10(12)8-15-3/h9-12H,4-8H2,1-3H3. The molecule has 0 aromatic carbocycles. The van der Waals surface area contributed by atoms with E-state index in [1.807, 2.05) is 0 Å². The molecule has 16 heavy (non-hydrogen) atoms. The first-order chi connectivity index (χ1) is 7.40. The molecule has 1 unspecified atom stereocenters. The lowest BCUT2D eigenvalue weighted by atomic mass is 10.3. The van der Waals surface area contributed by atoms with Gasteiger partial charge < -0.3 is 15.2 Å². The van der Waals surface area contributed by atoms with Crippen molar-refractivity contribution < 1.29 is 18.3 Å². The molecule has 0 aromatic rings. The Morgan fingerprint density at radius 3 is 2.44 bits per heavy atom. The highest BCUT2D eigenvalue weighted by molar-refractivity contribution is 7.92. The molecular formula is C10H23NO4S.